The Kier molecular flexibility index (Phi) is 5.01. The van der Waals surface area contributed by atoms with E-state index in [2.05, 4.69) is 12.2 Å². The van der Waals surface area contributed by atoms with Crippen molar-refractivity contribution in [1.29, 1.82) is 0 Å². The smallest absolute Gasteiger partial charge is 0.0664 e. The van der Waals surface area contributed by atoms with E-state index in [4.69, 9.17) is 5.11 Å². The van der Waals surface area contributed by atoms with Crippen LogP contribution in [0, 0.1) is 0 Å². The lowest BCUT2D eigenvalue weighted by atomic mass is 10.2. The van der Waals surface area contributed by atoms with Crippen LogP contribution in [0.4, 0.5) is 0 Å². The summed E-state index contributed by atoms with van der Waals surface area (Å²) in [4.78, 5) is 0. The normalized spacial score (nSPS) is 13.9. The SMILES string of the molecule is CCCC(O)CNC. The van der Waals surface area contributed by atoms with Crippen LogP contribution in [-0.2, 0) is 0 Å². The summed E-state index contributed by atoms with van der Waals surface area (Å²) < 4.78 is 0. The van der Waals surface area contributed by atoms with Gasteiger partial charge in [-0.2, -0.15) is 0 Å². The summed E-state index contributed by atoms with van der Waals surface area (Å²) in [5.74, 6) is 0. The quantitative estimate of drug-likeness (QED) is 0.557. The highest BCUT2D eigenvalue weighted by atomic mass is 16.3. The molecule has 0 saturated carbocycles. The van der Waals surface area contributed by atoms with Crippen molar-refractivity contribution in [2.75, 3.05) is 13.6 Å². The van der Waals surface area contributed by atoms with Crippen LogP contribution in [0.1, 0.15) is 19.8 Å². The zero-order valence-electron chi connectivity index (χ0n) is 5.65. The minimum Gasteiger partial charge on any atom is -0.392 e. The number of nitrogens with one attached hydrogen (secondary N) is 1. The first-order valence-corrected chi connectivity index (χ1v) is 3.14. The molecule has 0 aliphatic carbocycles. The Labute approximate surface area is 50.9 Å². The molecule has 0 aliphatic rings. The molecule has 2 nitrogen and oxygen atoms in total. The van der Waals surface area contributed by atoms with Gasteiger partial charge in [-0.3, -0.25) is 0 Å². The number of aliphatic hydroxyl groups excluding tert-OH is 1. The Morgan fingerprint density at radius 1 is 1.62 bits per heavy atom. The molecule has 8 heavy (non-hydrogen) atoms. The molecule has 0 aromatic heterocycles. The first-order chi connectivity index (χ1) is 3.81. The molecule has 0 bridgehead atoms. The van der Waals surface area contributed by atoms with E-state index in [9.17, 15) is 0 Å². The molecule has 0 aliphatic heterocycles. The fraction of sp³-hybridized carbons (Fsp3) is 1.00. The van der Waals surface area contributed by atoms with Crippen LogP contribution >= 0.6 is 0 Å². The Bertz CT molecular complexity index is 41.8. The number of hydrogen-bond acceptors (Lipinski definition) is 2. The Balaban J connectivity index is 2.92. The van der Waals surface area contributed by atoms with Gasteiger partial charge in [0, 0.05) is 6.54 Å². The summed E-state index contributed by atoms with van der Waals surface area (Å²) in [5, 5.41) is 11.9. The number of rotatable bonds is 4. The number of aliphatic hydroxyl groups is 1. The molecule has 0 fully saturated rings. The van der Waals surface area contributed by atoms with Crippen molar-refractivity contribution in [2.45, 2.75) is 25.9 Å². The molecule has 0 rings (SSSR count). The monoisotopic (exact) mass is 117 g/mol. The molecule has 2 heteroatoms. The third kappa shape index (κ3) is 4.09. The van der Waals surface area contributed by atoms with Gasteiger partial charge in [0.2, 0.25) is 0 Å². The van der Waals surface area contributed by atoms with Crippen molar-refractivity contribution in [3.05, 3.63) is 0 Å². The zero-order chi connectivity index (χ0) is 6.41. The van der Waals surface area contributed by atoms with Crippen LogP contribution in [0.2, 0.25) is 0 Å². The molecular weight excluding hydrogens is 102 g/mol. The predicted molar refractivity (Wildman–Crippen MR) is 34.8 cm³/mol. The molecule has 0 heterocycles. The average Bonchev–Trinajstić information content (AvgIpc) is 1.68. The Morgan fingerprint density at radius 3 is 2.62 bits per heavy atom. The second kappa shape index (κ2) is 5.06. The van der Waals surface area contributed by atoms with Gasteiger partial charge in [-0.15, -0.1) is 0 Å². The topological polar surface area (TPSA) is 32.3 Å². The highest BCUT2D eigenvalue weighted by Crippen LogP contribution is 1.92. The molecule has 0 amide bonds. The van der Waals surface area contributed by atoms with Gasteiger partial charge in [0.15, 0.2) is 0 Å². The van der Waals surface area contributed by atoms with E-state index in [1.165, 1.54) is 0 Å². The molecule has 0 radical (unpaired) electrons. The third-order valence-corrected chi connectivity index (χ3v) is 1.06. The lowest BCUT2D eigenvalue weighted by Crippen LogP contribution is -2.22. The lowest BCUT2D eigenvalue weighted by Gasteiger charge is -2.05. The van der Waals surface area contributed by atoms with Gasteiger partial charge >= 0.3 is 0 Å². The molecular formula is C6H15NO. The van der Waals surface area contributed by atoms with Crippen molar-refractivity contribution in [3.8, 4) is 0 Å². The van der Waals surface area contributed by atoms with E-state index in [0.29, 0.717) is 6.54 Å². The molecule has 50 valence electrons. The van der Waals surface area contributed by atoms with Crippen molar-refractivity contribution >= 4 is 0 Å². The fourth-order valence-corrected chi connectivity index (χ4v) is 0.671. The highest BCUT2D eigenvalue weighted by molar-refractivity contribution is 4.54. The van der Waals surface area contributed by atoms with Gasteiger partial charge in [0.1, 0.15) is 0 Å². The van der Waals surface area contributed by atoms with Crippen molar-refractivity contribution in [3.63, 3.8) is 0 Å². The molecule has 0 aromatic rings. The summed E-state index contributed by atoms with van der Waals surface area (Å²) in [6.07, 6.45) is 1.81. The largest absolute Gasteiger partial charge is 0.392 e. The molecule has 1 atom stereocenters. The summed E-state index contributed by atoms with van der Waals surface area (Å²) in [5.41, 5.74) is 0. The number of hydrogen-bond donors (Lipinski definition) is 2. The fourth-order valence-electron chi connectivity index (χ4n) is 0.671. The molecule has 0 aromatic carbocycles. The summed E-state index contributed by atoms with van der Waals surface area (Å²) in [6.45, 7) is 2.78. The van der Waals surface area contributed by atoms with Crippen LogP contribution in [0.5, 0.6) is 0 Å². The van der Waals surface area contributed by atoms with Gasteiger partial charge in [-0.05, 0) is 13.5 Å². The Morgan fingerprint density at radius 2 is 2.25 bits per heavy atom. The molecule has 0 spiro atoms. The van der Waals surface area contributed by atoms with Crippen LogP contribution in [0.15, 0.2) is 0 Å². The second-order valence-corrected chi connectivity index (χ2v) is 2.00. The molecule has 0 saturated heterocycles. The van der Waals surface area contributed by atoms with Gasteiger partial charge < -0.3 is 10.4 Å². The van der Waals surface area contributed by atoms with Crippen molar-refractivity contribution in [2.24, 2.45) is 0 Å². The maximum atomic E-state index is 8.99. The van der Waals surface area contributed by atoms with Crippen molar-refractivity contribution in [1.82, 2.24) is 5.32 Å². The van der Waals surface area contributed by atoms with Gasteiger partial charge in [0.05, 0.1) is 6.10 Å². The van der Waals surface area contributed by atoms with Gasteiger partial charge in [-0.1, -0.05) is 13.3 Å². The first-order valence-electron chi connectivity index (χ1n) is 3.14. The van der Waals surface area contributed by atoms with E-state index in [1.807, 2.05) is 7.05 Å². The zero-order valence-corrected chi connectivity index (χ0v) is 5.65. The average molecular weight is 117 g/mol. The van der Waals surface area contributed by atoms with Crippen LogP contribution in [0.25, 0.3) is 0 Å². The van der Waals surface area contributed by atoms with E-state index in [0.717, 1.165) is 12.8 Å². The van der Waals surface area contributed by atoms with E-state index >= 15 is 0 Å². The third-order valence-electron chi connectivity index (χ3n) is 1.06. The highest BCUT2D eigenvalue weighted by Gasteiger charge is 1.97. The molecule has 2 N–H and O–H groups in total. The maximum Gasteiger partial charge on any atom is 0.0664 e. The van der Waals surface area contributed by atoms with E-state index in [-0.39, 0.29) is 6.10 Å². The summed E-state index contributed by atoms with van der Waals surface area (Å²) >= 11 is 0. The Hall–Kier alpha value is -0.0800. The van der Waals surface area contributed by atoms with Crippen LogP contribution < -0.4 is 5.32 Å². The lowest BCUT2D eigenvalue weighted by molar-refractivity contribution is 0.163. The van der Waals surface area contributed by atoms with Gasteiger partial charge in [-0.25, -0.2) is 0 Å². The maximum absolute atomic E-state index is 8.99. The first kappa shape index (κ1) is 7.92. The van der Waals surface area contributed by atoms with Gasteiger partial charge in [0.25, 0.3) is 0 Å². The van der Waals surface area contributed by atoms with Crippen LogP contribution in [0.3, 0.4) is 0 Å². The van der Waals surface area contributed by atoms with E-state index < -0.39 is 0 Å². The van der Waals surface area contributed by atoms with Crippen molar-refractivity contribution < 1.29 is 5.11 Å². The van der Waals surface area contributed by atoms with E-state index in [1.54, 1.807) is 0 Å². The predicted octanol–water partition coefficient (Wildman–Crippen LogP) is 0.367. The minimum absolute atomic E-state index is 0.148. The molecule has 1 unspecified atom stereocenters. The minimum atomic E-state index is -0.148. The second-order valence-electron chi connectivity index (χ2n) is 2.00. The summed E-state index contributed by atoms with van der Waals surface area (Å²) in [6, 6.07) is 0. The summed E-state index contributed by atoms with van der Waals surface area (Å²) in [7, 11) is 1.85. The standard InChI is InChI=1S/C6H15NO/c1-3-4-6(8)5-7-2/h6-8H,3-5H2,1-2H3. The van der Waals surface area contributed by atoms with Crippen LogP contribution in [-0.4, -0.2) is 24.8 Å². The number of likely N-dealkylation sites (N-methyl/N-ethyl adjacent to an activating group) is 1.